The van der Waals surface area contributed by atoms with Gasteiger partial charge >= 0.3 is 0 Å². The molecule has 0 radical (unpaired) electrons. The lowest BCUT2D eigenvalue weighted by molar-refractivity contribution is 0.299. The zero-order valence-electron chi connectivity index (χ0n) is 16.1. The molecule has 0 amide bonds. The van der Waals surface area contributed by atoms with Crippen molar-refractivity contribution >= 4 is 0 Å². The van der Waals surface area contributed by atoms with Crippen molar-refractivity contribution < 1.29 is 4.74 Å². The Morgan fingerprint density at radius 1 is 0.962 bits per heavy atom. The molecule has 2 atom stereocenters. The molecule has 3 heteroatoms. The van der Waals surface area contributed by atoms with E-state index in [1.807, 2.05) is 12.1 Å². The molecule has 3 nitrogen and oxygen atoms in total. The predicted molar refractivity (Wildman–Crippen MR) is 108 cm³/mol. The van der Waals surface area contributed by atoms with E-state index in [1.54, 1.807) is 7.11 Å². The van der Waals surface area contributed by atoms with Gasteiger partial charge in [0, 0.05) is 30.2 Å². The van der Waals surface area contributed by atoms with Gasteiger partial charge in [-0.2, -0.15) is 0 Å². The fourth-order valence-electron chi connectivity index (χ4n) is 3.95. The summed E-state index contributed by atoms with van der Waals surface area (Å²) in [6.07, 6.45) is 6.67. The van der Waals surface area contributed by atoms with Crippen LogP contribution in [-0.2, 0) is 6.54 Å². The van der Waals surface area contributed by atoms with Gasteiger partial charge in [-0.15, -0.1) is 0 Å². The summed E-state index contributed by atoms with van der Waals surface area (Å²) in [5, 5.41) is 7.66. The van der Waals surface area contributed by atoms with Gasteiger partial charge in [-0.1, -0.05) is 67.8 Å². The number of methoxy groups -OCH3 is 1. The smallest absolute Gasteiger partial charge is 0.123 e. The number of hydrogen-bond donors (Lipinski definition) is 2. The van der Waals surface area contributed by atoms with Crippen molar-refractivity contribution in [2.24, 2.45) is 0 Å². The lowest BCUT2D eigenvalue weighted by Crippen LogP contribution is -2.44. The highest BCUT2D eigenvalue weighted by atomic mass is 16.5. The van der Waals surface area contributed by atoms with Gasteiger partial charge in [-0.05, 0) is 31.4 Å². The topological polar surface area (TPSA) is 33.3 Å². The third-order valence-electron chi connectivity index (χ3n) is 5.49. The second-order valence-electron chi connectivity index (χ2n) is 7.37. The van der Waals surface area contributed by atoms with E-state index >= 15 is 0 Å². The Morgan fingerprint density at radius 3 is 2.38 bits per heavy atom. The van der Waals surface area contributed by atoms with Crippen LogP contribution in [0.3, 0.4) is 0 Å². The molecule has 0 heterocycles. The summed E-state index contributed by atoms with van der Waals surface area (Å²) in [7, 11) is 1.74. The minimum absolute atomic E-state index is 0.314. The van der Waals surface area contributed by atoms with Gasteiger partial charge in [0.1, 0.15) is 5.75 Å². The van der Waals surface area contributed by atoms with Crippen molar-refractivity contribution in [3.05, 3.63) is 65.7 Å². The quantitative estimate of drug-likeness (QED) is 0.713. The van der Waals surface area contributed by atoms with Gasteiger partial charge in [-0.25, -0.2) is 0 Å². The normalized spacial score (nSPS) is 17.6. The van der Waals surface area contributed by atoms with E-state index in [2.05, 4.69) is 60.0 Å². The maximum atomic E-state index is 5.49. The van der Waals surface area contributed by atoms with E-state index in [1.165, 1.54) is 43.2 Å². The highest BCUT2D eigenvalue weighted by Gasteiger charge is 2.23. The highest BCUT2D eigenvalue weighted by Crippen LogP contribution is 2.24. The third kappa shape index (κ3) is 5.09. The van der Waals surface area contributed by atoms with Crippen LogP contribution in [0.25, 0.3) is 0 Å². The molecule has 2 N–H and O–H groups in total. The lowest BCUT2D eigenvalue weighted by atomic mass is 9.92. The highest BCUT2D eigenvalue weighted by molar-refractivity contribution is 5.33. The third-order valence-corrected chi connectivity index (χ3v) is 5.49. The minimum atomic E-state index is 0.314. The molecule has 1 aliphatic rings. The summed E-state index contributed by atoms with van der Waals surface area (Å²) in [4.78, 5) is 0. The lowest BCUT2D eigenvalue weighted by Gasteiger charge is -2.33. The summed E-state index contributed by atoms with van der Waals surface area (Å²) in [6.45, 7) is 3.09. The van der Waals surface area contributed by atoms with Crippen molar-refractivity contribution in [1.29, 1.82) is 0 Å². The maximum Gasteiger partial charge on any atom is 0.123 e. The fraction of sp³-hybridized carbons (Fsp3) is 0.478. The number of para-hydroxylation sites is 1. The molecule has 26 heavy (non-hydrogen) atoms. The first-order chi connectivity index (χ1) is 12.8. The molecular formula is C23H32N2O. The molecule has 1 saturated carbocycles. The average Bonchev–Trinajstić information content (AvgIpc) is 2.72. The van der Waals surface area contributed by atoms with E-state index < -0.39 is 0 Å². The summed E-state index contributed by atoms with van der Waals surface area (Å²) < 4.78 is 5.49. The predicted octanol–water partition coefficient (Wildman–Crippen LogP) is 4.84. The summed E-state index contributed by atoms with van der Waals surface area (Å²) >= 11 is 0. The zero-order chi connectivity index (χ0) is 18.2. The summed E-state index contributed by atoms with van der Waals surface area (Å²) in [6, 6.07) is 20.3. The van der Waals surface area contributed by atoms with Gasteiger partial charge in [0.2, 0.25) is 0 Å². The minimum Gasteiger partial charge on any atom is -0.496 e. The van der Waals surface area contributed by atoms with Gasteiger partial charge in [0.25, 0.3) is 0 Å². The second kappa shape index (κ2) is 9.75. The number of hydrogen-bond acceptors (Lipinski definition) is 3. The van der Waals surface area contributed by atoms with Crippen molar-refractivity contribution in [2.75, 3.05) is 7.11 Å². The van der Waals surface area contributed by atoms with Gasteiger partial charge in [0.15, 0.2) is 0 Å². The Morgan fingerprint density at radius 2 is 1.65 bits per heavy atom. The van der Waals surface area contributed by atoms with Crippen LogP contribution in [0.2, 0.25) is 0 Å². The van der Waals surface area contributed by atoms with E-state index in [0.29, 0.717) is 18.1 Å². The molecule has 0 aliphatic heterocycles. The van der Waals surface area contributed by atoms with Crippen molar-refractivity contribution in [3.63, 3.8) is 0 Å². The fourth-order valence-corrected chi connectivity index (χ4v) is 3.95. The Kier molecular flexibility index (Phi) is 7.10. The van der Waals surface area contributed by atoms with Crippen LogP contribution in [0.15, 0.2) is 54.6 Å². The first-order valence-corrected chi connectivity index (χ1v) is 9.94. The molecule has 0 bridgehead atoms. The zero-order valence-corrected chi connectivity index (χ0v) is 16.1. The largest absolute Gasteiger partial charge is 0.496 e. The van der Waals surface area contributed by atoms with Crippen LogP contribution in [0.4, 0.5) is 0 Å². The molecule has 3 rings (SSSR count). The number of nitrogens with one attached hydrogen (secondary N) is 2. The standard InChI is InChI=1S/C23H32N2O/c1-18(24-17-20-13-9-10-16-22(20)26-2)23(19-11-5-3-6-12-19)25-21-14-7-4-8-15-21/h3,5-6,9-13,16,18,21,23-25H,4,7-8,14-15,17H2,1-2H3/t18-,23?/m0/s1. The molecular weight excluding hydrogens is 320 g/mol. The van der Waals surface area contributed by atoms with Crippen LogP contribution in [0.1, 0.15) is 56.2 Å². The average molecular weight is 353 g/mol. The van der Waals surface area contributed by atoms with E-state index in [4.69, 9.17) is 4.74 Å². The Balaban J connectivity index is 1.68. The van der Waals surface area contributed by atoms with Crippen LogP contribution in [0, 0.1) is 0 Å². The molecule has 2 aromatic rings. The molecule has 1 fully saturated rings. The number of ether oxygens (including phenoxy) is 1. The first kappa shape index (κ1) is 18.9. The SMILES string of the molecule is COc1ccccc1CN[C@@H](C)C(NC1CCCCC1)c1ccccc1. The maximum absolute atomic E-state index is 5.49. The molecule has 2 aromatic carbocycles. The molecule has 140 valence electrons. The Labute approximate surface area is 158 Å². The molecule has 0 aromatic heterocycles. The van der Waals surface area contributed by atoms with Crippen LogP contribution >= 0.6 is 0 Å². The van der Waals surface area contributed by atoms with Gasteiger partial charge in [-0.3, -0.25) is 0 Å². The van der Waals surface area contributed by atoms with Crippen molar-refractivity contribution in [1.82, 2.24) is 10.6 Å². The molecule has 1 unspecified atom stereocenters. The molecule has 0 saturated heterocycles. The molecule has 0 spiro atoms. The molecule has 1 aliphatic carbocycles. The monoisotopic (exact) mass is 352 g/mol. The summed E-state index contributed by atoms with van der Waals surface area (Å²) in [5.41, 5.74) is 2.56. The Hall–Kier alpha value is -1.84. The van der Waals surface area contributed by atoms with E-state index in [-0.39, 0.29) is 0 Å². The Bertz CT molecular complexity index is 652. The first-order valence-electron chi connectivity index (χ1n) is 9.94. The second-order valence-corrected chi connectivity index (χ2v) is 7.37. The van der Waals surface area contributed by atoms with Crippen molar-refractivity contribution in [3.8, 4) is 5.75 Å². The summed E-state index contributed by atoms with van der Waals surface area (Å²) in [5.74, 6) is 0.948. The van der Waals surface area contributed by atoms with Crippen molar-refractivity contribution in [2.45, 2.75) is 63.7 Å². The van der Waals surface area contributed by atoms with Gasteiger partial charge < -0.3 is 15.4 Å². The van der Waals surface area contributed by atoms with Gasteiger partial charge in [0.05, 0.1) is 7.11 Å². The number of rotatable bonds is 8. The number of benzene rings is 2. The van der Waals surface area contributed by atoms with Crippen LogP contribution in [-0.4, -0.2) is 19.2 Å². The van der Waals surface area contributed by atoms with Crippen LogP contribution < -0.4 is 15.4 Å². The van der Waals surface area contributed by atoms with E-state index in [0.717, 1.165) is 12.3 Å². The van der Waals surface area contributed by atoms with E-state index in [9.17, 15) is 0 Å². The van der Waals surface area contributed by atoms with Crippen LogP contribution in [0.5, 0.6) is 5.75 Å².